The van der Waals surface area contributed by atoms with Crippen LogP contribution in [0.15, 0.2) is 0 Å². The van der Waals surface area contributed by atoms with Crippen LogP contribution in [0.25, 0.3) is 0 Å². The van der Waals surface area contributed by atoms with Gasteiger partial charge in [-0.05, 0) is 81.1 Å². The van der Waals surface area contributed by atoms with Crippen molar-refractivity contribution in [1.82, 2.24) is 0 Å². The summed E-state index contributed by atoms with van der Waals surface area (Å²) in [5.74, 6) is -17.8. The minimum Gasteiger partial charge on any atom is -0.743 e. The fraction of sp³-hybridized carbons (Fsp3) is 1.00. The third-order valence-electron chi connectivity index (χ3n) is 10.5. The summed E-state index contributed by atoms with van der Waals surface area (Å²) in [5, 5.41) is -12.7. The van der Waals surface area contributed by atoms with Crippen molar-refractivity contribution in [3.63, 3.8) is 0 Å². The molecule has 0 amide bonds. The van der Waals surface area contributed by atoms with E-state index in [-0.39, 0.29) is 6.42 Å². The van der Waals surface area contributed by atoms with Crippen LogP contribution in [-0.2, 0) is 20.2 Å². The summed E-state index contributed by atoms with van der Waals surface area (Å²) < 4.78 is 274. The third-order valence-corrected chi connectivity index (χ3v) is 12.3. The molecule has 374 valence electrons. The Morgan fingerprint density at radius 3 is 0.918 bits per heavy atom. The molecule has 0 aromatic rings. The highest BCUT2D eigenvalue weighted by Gasteiger charge is 2.74. The van der Waals surface area contributed by atoms with Crippen LogP contribution in [0.5, 0.6) is 0 Å². The van der Waals surface area contributed by atoms with Crippen LogP contribution in [0.1, 0.15) is 120 Å². The summed E-state index contributed by atoms with van der Waals surface area (Å²) in [4.78, 5) is 0. The largest absolute Gasteiger partial charge is 0.743 e. The zero-order valence-electron chi connectivity index (χ0n) is 35.4. The Morgan fingerprint density at radius 2 is 0.689 bits per heavy atom. The van der Waals surface area contributed by atoms with Gasteiger partial charge in [0, 0.05) is 19.3 Å². The van der Waals surface area contributed by atoms with Crippen molar-refractivity contribution < 1.29 is 110 Å². The first-order valence-electron chi connectivity index (χ1n) is 19.3. The van der Waals surface area contributed by atoms with E-state index in [2.05, 4.69) is 55.4 Å². The Balaban J connectivity index is -0.000000384. The summed E-state index contributed by atoms with van der Waals surface area (Å²) in [6.45, 7) is 28.4. The van der Waals surface area contributed by atoms with E-state index in [0.717, 1.165) is 0 Å². The van der Waals surface area contributed by atoms with Crippen molar-refractivity contribution in [2.45, 2.75) is 166 Å². The zero-order chi connectivity index (χ0) is 49.8. The highest BCUT2D eigenvalue weighted by Crippen LogP contribution is 2.50. The lowest BCUT2D eigenvalue weighted by Gasteiger charge is -2.34. The molecular formula is C34H61F17N2O6S2. The molecule has 1 atom stereocenters. The summed E-state index contributed by atoms with van der Waals surface area (Å²) in [7, 11) is -13.8. The van der Waals surface area contributed by atoms with Crippen molar-refractivity contribution >= 4 is 20.2 Å². The normalized spacial score (nSPS) is 14.5. The molecule has 0 saturated carbocycles. The van der Waals surface area contributed by atoms with Gasteiger partial charge in [0.05, 0.1) is 52.4 Å². The number of rotatable bonds is 24. The predicted octanol–water partition coefficient (Wildman–Crippen LogP) is 11.3. The van der Waals surface area contributed by atoms with Crippen molar-refractivity contribution in [2.24, 2.45) is 0 Å². The van der Waals surface area contributed by atoms with Crippen molar-refractivity contribution in [1.29, 1.82) is 0 Å². The van der Waals surface area contributed by atoms with Gasteiger partial charge in [-0.3, -0.25) is 0 Å². The van der Waals surface area contributed by atoms with E-state index in [9.17, 15) is 101 Å². The molecule has 0 saturated heterocycles. The average Bonchev–Trinajstić information content (AvgIpc) is 3.12. The number of hydrogen-bond acceptors (Lipinski definition) is 6. The molecule has 8 nitrogen and oxygen atoms in total. The fourth-order valence-electron chi connectivity index (χ4n) is 5.42. The first-order chi connectivity index (χ1) is 27.1. The molecule has 0 bridgehead atoms. The highest BCUT2D eigenvalue weighted by molar-refractivity contribution is 7.87. The monoisotopic (exact) mass is 980 g/mol. The van der Waals surface area contributed by atoms with Gasteiger partial charge in [0.25, 0.3) is 0 Å². The van der Waals surface area contributed by atoms with Crippen LogP contribution < -0.4 is 0 Å². The molecular weight excluding hydrogens is 919 g/mol. The number of unbranched alkanes of at least 4 members (excludes halogenated alkanes) is 4. The number of nitrogens with zero attached hydrogens (tertiary/aromatic N) is 2. The molecule has 0 aromatic carbocycles. The molecule has 0 aliphatic rings. The van der Waals surface area contributed by atoms with E-state index in [1.165, 1.54) is 61.3 Å². The lowest BCUT2D eigenvalue weighted by molar-refractivity contribution is -0.921. The molecule has 0 radical (unpaired) electrons. The van der Waals surface area contributed by atoms with Gasteiger partial charge in [0.15, 0.2) is 26.4 Å². The van der Waals surface area contributed by atoms with Gasteiger partial charge in [-0.1, -0.05) is 19.3 Å². The van der Waals surface area contributed by atoms with E-state index in [0.29, 0.717) is 0 Å². The van der Waals surface area contributed by atoms with Crippen LogP contribution in [0.4, 0.5) is 74.6 Å². The second-order valence-corrected chi connectivity index (χ2v) is 16.8. The van der Waals surface area contributed by atoms with Gasteiger partial charge in [-0.15, -0.1) is 0 Å². The van der Waals surface area contributed by atoms with Crippen LogP contribution >= 0.6 is 0 Å². The van der Waals surface area contributed by atoms with E-state index in [4.69, 9.17) is 0 Å². The summed E-state index contributed by atoms with van der Waals surface area (Å²) in [6, 6.07) is 0. The molecule has 0 fully saturated rings. The average molecular weight is 981 g/mol. The van der Waals surface area contributed by atoms with E-state index in [1.54, 1.807) is 0 Å². The maximum Gasteiger partial charge on any atom is 0.402 e. The molecule has 61 heavy (non-hydrogen) atoms. The molecule has 0 spiro atoms. The van der Waals surface area contributed by atoms with Crippen LogP contribution in [0.3, 0.4) is 0 Å². The third kappa shape index (κ3) is 21.9. The van der Waals surface area contributed by atoms with Gasteiger partial charge >= 0.3 is 40.6 Å². The SMILES string of the molecule is CC[N+](CC)(CC)CC.CC[N+](CC)(CC)CC.O=S(=O)([O-])C(F)(F)C(F)(F)C(F)(F)CCCCCC(F)(F)F.O=S(=O)([O-])C(F)(F)C(F)(F)C(F)CCCCCC(F)(F)F. The Bertz CT molecular complexity index is 1350. The highest BCUT2D eigenvalue weighted by atomic mass is 32.2. The van der Waals surface area contributed by atoms with Gasteiger partial charge < -0.3 is 18.1 Å². The summed E-state index contributed by atoms with van der Waals surface area (Å²) >= 11 is 0. The summed E-state index contributed by atoms with van der Waals surface area (Å²) in [5.41, 5.74) is 0. The molecule has 0 N–H and O–H groups in total. The first kappa shape index (κ1) is 66.2. The van der Waals surface area contributed by atoms with Gasteiger partial charge in [0.2, 0.25) is 0 Å². The number of hydrogen-bond donors (Lipinski definition) is 0. The van der Waals surface area contributed by atoms with Crippen molar-refractivity contribution in [3.8, 4) is 0 Å². The van der Waals surface area contributed by atoms with E-state index >= 15 is 0 Å². The maximum absolute atomic E-state index is 13.0. The van der Waals surface area contributed by atoms with Gasteiger partial charge in [-0.2, -0.15) is 70.2 Å². The fourth-order valence-corrected chi connectivity index (χ4v) is 6.34. The molecule has 27 heteroatoms. The number of quaternary nitrogens is 2. The van der Waals surface area contributed by atoms with Crippen molar-refractivity contribution in [3.05, 3.63) is 0 Å². The Hall–Kier alpha value is -1.45. The Morgan fingerprint density at radius 1 is 0.426 bits per heavy atom. The maximum atomic E-state index is 13.0. The Labute approximate surface area is 348 Å². The lowest BCUT2D eigenvalue weighted by Crippen LogP contribution is -2.57. The molecule has 1 unspecified atom stereocenters. The summed E-state index contributed by atoms with van der Waals surface area (Å²) in [6.07, 6.45) is -22.4. The predicted molar refractivity (Wildman–Crippen MR) is 192 cm³/mol. The zero-order valence-corrected chi connectivity index (χ0v) is 37.0. The molecule has 0 aromatic heterocycles. The van der Waals surface area contributed by atoms with Crippen LogP contribution in [0.2, 0.25) is 0 Å². The topological polar surface area (TPSA) is 114 Å². The van der Waals surface area contributed by atoms with E-state index in [1.807, 2.05) is 0 Å². The quantitative estimate of drug-likeness (QED) is 0.0412. The molecule has 0 heterocycles. The molecule has 0 aliphatic carbocycles. The Kier molecular flexibility index (Phi) is 28.7. The minimum atomic E-state index is -7.06. The molecule has 0 rings (SSSR count). The standard InChI is InChI=1S/C9H11F9O3S.C9H12F8O3S.2C8H20N/c10-6(11,4-2-1-3-5-7(12,13)14)8(15,16)9(17,18)22(19,20)21;10-6(4-2-1-3-5-7(11,12)13)8(14,15)9(16,17)21(18,19)20;2*1-5-9(6-2,7-3)8-4/h1-5H2,(H,19,20,21);6H,1-5H2,(H,18,19,20);2*5-8H2,1-4H3/q;;2*+1/p-2. The van der Waals surface area contributed by atoms with Crippen LogP contribution in [0, 0.1) is 0 Å². The molecule has 0 aliphatic heterocycles. The van der Waals surface area contributed by atoms with Crippen LogP contribution in [-0.4, -0.2) is 134 Å². The number of halogens is 17. The number of alkyl halides is 17. The van der Waals surface area contributed by atoms with E-state index < -0.39 is 125 Å². The lowest BCUT2D eigenvalue weighted by atomic mass is 10.0. The smallest absolute Gasteiger partial charge is 0.402 e. The first-order valence-corrected chi connectivity index (χ1v) is 22.2. The second kappa shape index (κ2) is 26.5. The van der Waals surface area contributed by atoms with Gasteiger partial charge in [-0.25, -0.2) is 21.2 Å². The minimum absolute atomic E-state index is 0.369. The van der Waals surface area contributed by atoms with Crippen molar-refractivity contribution in [2.75, 3.05) is 52.4 Å². The second-order valence-electron chi connectivity index (χ2n) is 13.9. The van der Waals surface area contributed by atoms with Gasteiger partial charge in [0.1, 0.15) is 0 Å².